The van der Waals surface area contributed by atoms with Crippen molar-refractivity contribution in [1.82, 2.24) is 15.2 Å². The molecule has 0 unspecified atom stereocenters. The molecule has 2 N–H and O–H groups in total. The maximum atomic E-state index is 13.8. The third kappa shape index (κ3) is 7.35. The van der Waals surface area contributed by atoms with Gasteiger partial charge in [0.05, 0.1) is 6.42 Å². The van der Waals surface area contributed by atoms with Crippen LogP contribution in [0.3, 0.4) is 0 Å². The molecule has 7 nitrogen and oxygen atoms in total. The van der Waals surface area contributed by atoms with Gasteiger partial charge in [0.15, 0.2) is 0 Å². The van der Waals surface area contributed by atoms with E-state index >= 15 is 0 Å². The van der Waals surface area contributed by atoms with E-state index in [9.17, 15) is 23.9 Å². The molecule has 0 fully saturated rings. The maximum absolute atomic E-state index is 13.8. The van der Waals surface area contributed by atoms with E-state index in [2.05, 4.69) is 10.3 Å². The van der Waals surface area contributed by atoms with Crippen LogP contribution in [0.15, 0.2) is 97.3 Å². The number of carbonyl (C=O) groups is 3. The molecule has 0 aliphatic rings. The van der Waals surface area contributed by atoms with Crippen LogP contribution in [0.1, 0.15) is 38.3 Å². The molecule has 0 bridgehead atoms. The van der Waals surface area contributed by atoms with Crippen molar-refractivity contribution in [3.05, 3.63) is 125 Å². The second kappa shape index (κ2) is 13.1. The zero-order valence-electron chi connectivity index (χ0n) is 21.2. The molecule has 1 heterocycles. The minimum atomic E-state index is -0.995. The van der Waals surface area contributed by atoms with Gasteiger partial charge in [-0.3, -0.25) is 19.4 Å². The van der Waals surface area contributed by atoms with Gasteiger partial charge in [-0.15, -0.1) is 0 Å². The zero-order valence-corrected chi connectivity index (χ0v) is 21.2. The highest BCUT2D eigenvalue weighted by molar-refractivity contribution is 6.06. The molecule has 0 aliphatic heterocycles. The van der Waals surface area contributed by atoms with E-state index in [1.165, 1.54) is 17.0 Å². The molecule has 1 aromatic heterocycles. The molecule has 3 aromatic carbocycles. The Bertz CT molecular complexity index is 1440. The molecule has 0 atom stereocenters. The summed E-state index contributed by atoms with van der Waals surface area (Å²) in [5, 5.41) is 12.1. The summed E-state index contributed by atoms with van der Waals surface area (Å²) in [5.74, 6) is -2.01. The molecule has 0 spiro atoms. The number of hydrogen-bond acceptors (Lipinski definition) is 4. The Hall–Kier alpha value is -4.85. The summed E-state index contributed by atoms with van der Waals surface area (Å²) in [6.45, 7) is 0.569. The number of aliphatic carboxylic acids is 1. The Labute approximate surface area is 225 Å². The number of aromatic nitrogens is 1. The summed E-state index contributed by atoms with van der Waals surface area (Å²) in [7, 11) is 0. The van der Waals surface area contributed by atoms with Gasteiger partial charge in [-0.2, -0.15) is 0 Å². The number of hydrogen-bond donors (Lipinski definition) is 2. The van der Waals surface area contributed by atoms with E-state index in [0.29, 0.717) is 35.2 Å². The molecule has 198 valence electrons. The maximum Gasteiger partial charge on any atom is 0.305 e. The number of carboxylic acid groups (broad SMARTS) is 1. The first-order valence-electron chi connectivity index (χ1n) is 12.5. The third-order valence-corrected chi connectivity index (χ3v) is 6.26. The summed E-state index contributed by atoms with van der Waals surface area (Å²) in [6, 6.07) is 23.6. The fraction of sp³-hybridized carbons (Fsp3) is 0.161. The molecule has 2 amide bonds. The minimum Gasteiger partial charge on any atom is -0.481 e. The van der Waals surface area contributed by atoms with E-state index in [0.717, 1.165) is 11.1 Å². The number of pyridine rings is 1. The van der Waals surface area contributed by atoms with Gasteiger partial charge >= 0.3 is 5.97 Å². The average Bonchev–Trinajstić information content (AvgIpc) is 2.97. The lowest BCUT2D eigenvalue weighted by molar-refractivity contribution is -0.137. The number of nitrogens with zero attached hydrogens (tertiary/aromatic N) is 2. The predicted octanol–water partition coefficient (Wildman–Crippen LogP) is 4.98. The van der Waals surface area contributed by atoms with Crippen molar-refractivity contribution in [3.8, 4) is 11.1 Å². The Balaban J connectivity index is 1.60. The van der Waals surface area contributed by atoms with Crippen molar-refractivity contribution in [3.63, 3.8) is 0 Å². The number of carbonyl (C=O) groups excluding carboxylic acids is 2. The lowest BCUT2D eigenvalue weighted by Gasteiger charge is -2.24. The van der Waals surface area contributed by atoms with Gasteiger partial charge in [0, 0.05) is 43.2 Å². The first kappa shape index (κ1) is 27.2. The van der Waals surface area contributed by atoms with Crippen LogP contribution in [-0.4, -0.2) is 45.9 Å². The summed E-state index contributed by atoms with van der Waals surface area (Å²) in [5.41, 5.74) is 3.57. The van der Waals surface area contributed by atoms with Crippen LogP contribution in [0.2, 0.25) is 0 Å². The van der Waals surface area contributed by atoms with E-state index in [-0.39, 0.29) is 37.1 Å². The first-order chi connectivity index (χ1) is 18.9. The zero-order chi connectivity index (χ0) is 27.6. The average molecular weight is 526 g/mol. The van der Waals surface area contributed by atoms with Gasteiger partial charge in [-0.05, 0) is 59.0 Å². The van der Waals surface area contributed by atoms with Crippen LogP contribution in [0, 0.1) is 5.82 Å². The van der Waals surface area contributed by atoms with Crippen LogP contribution in [0.5, 0.6) is 0 Å². The van der Waals surface area contributed by atoms with E-state index in [4.69, 9.17) is 0 Å². The number of rotatable bonds is 11. The van der Waals surface area contributed by atoms with Crippen LogP contribution in [0.4, 0.5) is 4.39 Å². The molecule has 0 aliphatic carbocycles. The number of carboxylic acids is 1. The molecule has 4 aromatic rings. The Kier molecular flexibility index (Phi) is 9.13. The van der Waals surface area contributed by atoms with Crippen molar-refractivity contribution < 1.29 is 23.9 Å². The lowest BCUT2D eigenvalue weighted by atomic mass is 9.94. The molecule has 0 radical (unpaired) electrons. The third-order valence-electron chi connectivity index (χ3n) is 6.26. The van der Waals surface area contributed by atoms with Gasteiger partial charge in [-0.25, -0.2) is 4.39 Å². The molecule has 0 saturated heterocycles. The SMILES string of the molecule is O=C(O)CCN(CCc1cccnc1)C(=O)c1ccccc1-c1ccccc1C(=O)NCc1ccc(F)cc1. The van der Waals surface area contributed by atoms with Gasteiger partial charge in [0.2, 0.25) is 0 Å². The Morgan fingerprint density at radius 2 is 1.46 bits per heavy atom. The fourth-order valence-corrected chi connectivity index (χ4v) is 4.23. The highest BCUT2D eigenvalue weighted by Crippen LogP contribution is 2.28. The Morgan fingerprint density at radius 1 is 0.795 bits per heavy atom. The largest absolute Gasteiger partial charge is 0.481 e. The molecule has 0 saturated carbocycles. The van der Waals surface area contributed by atoms with Gasteiger partial charge in [0.1, 0.15) is 5.82 Å². The molecular weight excluding hydrogens is 497 g/mol. The fourth-order valence-electron chi connectivity index (χ4n) is 4.23. The first-order valence-corrected chi connectivity index (χ1v) is 12.5. The van der Waals surface area contributed by atoms with E-state index < -0.39 is 5.97 Å². The second-order valence-electron chi connectivity index (χ2n) is 8.95. The number of benzene rings is 3. The molecule has 8 heteroatoms. The summed E-state index contributed by atoms with van der Waals surface area (Å²) in [4.78, 5) is 43.9. The molecular formula is C31H28FN3O4. The van der Waals surface area contributed by atoms with Gasteiger partial charge in [-0.1, -0.05) is 54.6 Å². The predicted molar refractivity (Wildman–Crippen MR) is 146 cm³/mol. The number of halogens is 1. The summed E-state index contributed by atoms with van der Waals surface area (Å²) < 4.78 is 13.2. The van der Waals surface area contributed by atoms with Crippen LogP contribution < -0.4 is 5.32 Å². The molecule has 4 rings (SSSR count). The van der Waals surface area contributed by atoms with E-state index in [1.807, 2.05) is 12.1 Å². The van der Waals surface area contributed by atoms with Crippen LogP contribution in [0.25, 0.3) is 11.1 Å². The standard InChI is InChI=1S/C31H28FN3O4/c32-24-13-11-23(12-14-24)21-34-30(38)27-9-3-1-7-25(27)26-8-2-4-10-28(26)31(39)35(19-16-29(36)37)18-15-22-6-5-17-33-20-22/h1-14,17,20H,15-16,18-19,21H2,(H,34,38)(H,36,37). The van der Waals surface area contributed by atoms with Crippen molar-refractivity contribution in [1.29, 1.82) is 0 Å². The highest BCUT2D eigenvalue weighted by Gasteiger charge is 2.22. The molecule has 39 heavy (non-hydrogen) atoms. The van der Waals surface area contributed by atoms with Crippen molar-refractivity contribution >= 4 is 17.8 Å². The van der Waals surface area contributed by atoms with Crippen LogP contribution in [-0.2, 0) is 17.8 Å². The number of nitrogens with one attached hydrogen (secondary N) is 1. The van der Waals surface area contributed by atoms with Crippen molar-refractivity contribution in [2.45, 2.75) is 19.4 Å². The van der Waals surface area contributed by atoms with E-state index in [1.54, 1.807) is 73.1 Å². The second-order valence-corrected chi connectivity index (χ2v) is 8.95. The highest BCUT2D eigenvalue weighted by atomic mass is 19.1. The summed E-state index contributed by atoms with van der Waals surface area (Å²) in [6.07, 6.45) is 3.71. The topological polar surface area (TPSA) is 99.6 Å². The normalized spacial score (nSPS) is 10.6. The van der Waals surface area contributed by atoms with Gasteiger partial charge < -0.3 is 15.3 Å². The van der Waals surface area contributed by atoms with Crippen molar-refractivity contribution in [2.75, 3.05) is 13.1 Å². The quantitative estimate of drug-likeness (QED) is 0.288. The van der Waals surface area contributed by atoms with Crippen LogP contribution >= 0.6 is 0 Å². The monoisotopic (exact) mass is 525 g/mol. The lowest BCUT2D eigenvalue weighted by Crippen LogP contribution is -2.35. The Morgan fingerprint density at radius 3 is 2.13 bits per heavy atom. The minimum absolute atomic E-state index is 0.0442. The van der Waals surface area contributed by atoms with Gasteiger partial charge in [0.25, 0.3) is 11.8 Å². The smallest absolute Gasteiger partial charge is 0.305 e. The summed E-state index contributed by atoms with van der Waals surface area (Å²) >= 11 is 0. The number of amides is 2. The van der Waals surface area contributed by atoms with Crippen molar-refractivity contribution in [2.24, 2.45) is 0 Å².